The fourth-order valence-corrected chi connectivity index (χ4v) is 5.99. The van der Waals surface area contributed by atoms with Crippen molar-refractivity contribution < 1.29 is 0 Å². The smallest absolute Gasteiger partial charge is 0.108 e. The molecule has 0 aliphatic heterocycles. The first-order chi connectivity index (χ1) is 7.15. The van der Waals surface area contributed by atoms with Crippen molar-refractivity contribution in [3.05, 3.63) is 4.91 Å². The van der Waals surface area contributed by atoms with Crippen molar-refractivity contribution in [3.8, 4) is 0 Å². The summed E-state index contributed by atoms with van der Waals surface area (Å²) in [5.41, 5.74) is 0. The first-order valence-electron chi connectivity index (χ1n) is 5.40. The predicted molar refractivity (Wildman–Crippen MR) is 64.8 cm³/mol. The minimum absolute atomic E-state index is 0.0379. The average molecular weight is 313 g/mol. The molecule has 0 heterocycles. The first-order valence-corrected chi connectivity index (χ1v) is 7.18. The van der Waals surface area contributed by atoms with E-state index in [2.05, 4.69) is 21.1 Å². The van der Waals surface area contributed by atoms with E-state index in [0.29, 0.717) is 23.7 Å². The molecule has 0 saturated heterocycles. The predicted octanol–water partition coefficient (Wildman–Crippen LogP) is 3.39. The van der Waals surface area contributed by atoms with E-state index < -0.39 is 0 Å². The van der Waals surface area contributed by atoms with Crippen LogP contribution in [0, 0.1) is 28.6 Å². The van der Waals surface area contributed by atoms with Crippen LogP contribution in [0.5, 0.6) is 0 Å². The van der Waals surface area contributed by atoms with Crippen LogP contribution >= 0.6 is 39.1 Å². The number of hydrogen-bond acceptors (Lipinski definition) is 2. The number of fused-ring (bicyclic) bond motifs is 5. The van der Waals surface area contributed by atoms with Crippen molar-refractivity contribution in [2.45, 2.75) is 34.5 Å². The third-order valence-electron chi connectivity index (χ3n) is 4.59. The minimum atomic E-state index is -0.0838. The number of nitrogens with zero attached hydrogens (tertiary/aromatic N) is 1. The molecule has 0 N–H and O–H groups in total. The lowest BCUT2D eigenvalue weighted by atomic mass is 9.79. The normalized spacial score (nSPS) is 62.1. The Morgan fingerprint density at radius 2 is 1.87 bits per heavy atom. The monoisotopic (exact) mass is 311 g/mol. The van der Waals surface area contributed by atoms with E-state index in [0.717, 1.165) is 12.8 Å². The third kappa shape index (κ3) is 1.29. The summed E-state index contributed by atoms with van der Waals surface area (Å²) >= 11 is 16.2. The summed E-state index contributed by atoms with van der Waals surface area (Å²) in [6.45, 7) is 0. The molecular weight excluding hydrogens is 301 g/mol. The Morgan fingerprint density at radius 1 is 1.13 bits per heavy atom. The van der Waals surface area contributed by atoms with Gasteiger partial charge in [0.05, 0.1) is 10.8 Å². The topological polar surface area (TPSA) is 29.4 Å². The Labute approximate surface area is 107 Å². The first kappa shape index (κ1) is 10.8. The Bertz CT molecular complexity index is 303. The van der Waals surface area contributed by atoms with Gasteiger partial charge >= 0.3 is 0 Å². The maximum absolute atomic E-state index is 10.8. The third-order valence-corrected chi connectivity index (χ3v) is 6.98. The van der Waals surface area contributed by atoms with E-state index >= 15 is 0 Å². The molecule has 8 atom stereocenters. The Hall–Kier alpha value is 0.660. The van der Waals surface area contributed by atoms with Gasteiger partial charge in [-0.1, -0.05) is 21.1 Å². The molecule has 0 unspecified atom stereocenters. The number of alkyl halides is 3. The molecule has 15 heavy (non-hydrogen) atoms. The zero-order chi connectivity index (χ0) is 10.7. The molecule has 0 aromatic carbocycles. The molecule has 3 aliphatic rings. The van der Waals surface area contributed by atoms with E-state index in [9.17, 15) is 4.91 Å². The van der Waals surface area contributed by atoms with Gasteiger partial charge in [-0.25, -0.2) is 0 Å². The highest BCUT2D eigenvalue weighted by atomic mass is 79.9. The fourth-order valence-electron chi connectivity index (χ4n) is 4.04. The van der Waals surface area contributed by atoms with Gasteiger partial charge < -0.3 is 0 Å². The SMILES string of the molecule is O=N[C@@H]1[C@H](Br)[C@H]2C[C@@H]1[C@H]1[C@@H](Cl)[C@@H](Cl)C[C@@H]21. The number of nitroso groups, excluding NO2 is 1. The van der Waals surface area contributed by atoms with Crippen molar-refractivity contribution >= 4 is 39.1 Å². The average Bonchev–Trinajstić information content (AvgIpc) is 2.79. The van der Waals surface area contributed by atoms with Crippen molar-refractivity contribution in [3.63, 3.8) is 0 Å². The van der Waals surface area contributed by atoms with Crippen LogP contribution in [-0.2, 0) is 0 Å². The molecular formula is C10H12BrCl2NO. The van der Waals surface area contributed by atoms with Gasteiger partial charge in [0.1, 0.15) is 6.04 Å². The largest absolute Gasteiger partial charge is 0.150 e. The van der Waals surface area contributed by atoms with Crippen LogP contribution in [0.4, 0.5) is 0 Å². The van der Waals surface area contributed by atoms with Gasteiger partial charge in [0.15, 0.2) is 0 Å². The molecule has 5 heteroatoms. The minimum Gasteiger partial charge on any atom is -0.150 e. The Balaban J connectivity index is 1.92. The second kappa shape index (κ2) is 3.58. The number of halogens is 3. The highest BCUT2D eigenvalue weighted by molar-refractivity contribution is 9.09. The standard InChI is InChI=1S/C10H12BrCl2NO/c11-8-4-1-5(10(8)14-15)7-3(4)2-6(12)9(7)13/h3-10H,1-2H2/t3-,4-,5+,6-,7-,8+,9-,10-/m0/s1. The van der Waals surface area contributed by atoms with Crippen molar-refractivity contribution in [1.82, 2.24) is 0 Å². The van der Waals surface area contributed by atoms with Crippen LogP contribution < -0.4 is 0 Å². The van der Waals surface area contributed by atoms with Crippen LogP contribution in [0.2, 0.25) is 0 Å². The van der Waals surface area contributed by atoms with Gasteiger partial charge in [0.2, 0.25) is 0 Å². The molecule has 3 saturated carbocycles. The molecule has 2 nitrogen and oxygen atoms in total. The molecule has 0 amide bonds. The molecule has 3 aliphatic carbocycles. The van der Waals surface area contributed by atoms with Gasteiger partial charge in [-0.05, 0) is 36.5 Å². The van der Waals surface area contributed by atoms with Crippen LogP contribution in [0.15, 0.2) is 5.18 Å². The summed E-state index contributed by atoms with van der Waals surface area (Å²) in [7, 11) is 0. The number of rotatable bonds is 1. The van der Waals surface area contributed by atoms with E-state index in [-0.39, 0.29) is 21.6 Å². The van der Waals surface area contributed by atoms with Crippen LogP contribution in [-0.4, -0.2) is 21.6 Å². The van der Waals surface area contributed by atoms with Crippen molar-refractivity contribution in [2.24, 2.45) is 28.8 Å². The summed E-state index contributed by atoms with van der Waals surface area (Å²) in [5.74, 6) is 1.97. The van der Waals surface area contributed by atoms with Gasteiger partial charge in [-0.3, -0.25) is 0 Å². The van der Waals surface area contributed by atoms with Crippen LogP contribution in [0.25, 0.3) is 0 Å². The molecule has 0 aromatic heterocycles. The molecule has 3 fully saturated rings. The van der Waals surface area contributed by atoms with Gasteiger partial charge in [-0.2, -0.15) is 4.91 Å². The quantitative estimate of drug-likeness (QED) is 0.539. The van der Waals surface area contributed by atoms with Crippen molar-refractivity contribution in [1.29, 1.82) is 0 Å². The summed E-state index contributed by atoms with van der Waals surface area (Å²) in [4.78, 5) is 11.1. The summed E-state index contributed by atoms with van der Waals surface area (Å²) in [6, 6.07) is -0.0838. The van der Waals surface area contributed by atoms with Crippen LogP contribution in [0.1, 0.15) is 12.8 Å². The molecule has 0 spiro atoms. The fraction of sp³-hybridized carbons (Fsp3) is 1.00. The zero-order valence-corrected chi connectivity index (χ0v) is 11.1. The summed E-state index contributed by atoms with van der Waals surface area (Å²) < 4.78 is 0. The van der Waals surface area contributed by atoms with E-state index in [1.54, 1.807) is 0 Å². The van der Waals surface area contributed by atoms with E-state index in [1.165, 1.54) is 0 Å². The Kier molecular flexibility index (Phi) is 2.57. The Morgan fingerprint density at radius 3 is 2.53 bits per heavy atom. The highest BCUT2D eigenvalue weighted by Crippen LogP contribution is 2.63. The van der Waals surface area contributed by atoms with Gasteiger partial charge in [0.25, 0.3) is 0 Å². The maximum Gasteiger partial charge on any atom is 0.108 e. The molecule has 0 aromatic rings. The molecule has 3 rings (SSSR count). The van der Waals surface area contributed by atoms with Crippen molar-refractivity contribution in [2.75, 3.05) is 0 Å². The van der Waals surface area contributed by atoms with E-state index in [4.69, 9.17) is 23.2 Å². The molecule has 2 bridgehead atoms. The van der Waals surface area contributed by atoms with Gasteiger partial charge in [-0.15, -0.1) is 23.2 Å². The van der Waals surface area contributed by atoms with Crippen LogP contribution in [0.3, 0.4) is 0 Å². The lowest BCUT2D eigenvalue weighted by molar-refractivity contribution is 0.245. The van der Waals surface area contributed by atoms with Gasteiger partial charge in [0, 0.05) is 4.83 Å². The molecule has 0 radical (unpaired) electrons. The number of hydrogen-bond donors (Lipinski definition) is 0. The lowest BCUT2D eigenvalue weighted by Crippen LogP contribution is -2.38. The highest BCUT2D eigenvalue weighted by Gasteiger charge is 2.63. The summed E-state index contributed by atoms with van der Waals surface area (Å²) in [6.07, 6.45) is 2.11. The second-order valence-corrected chi connectivity index (χ2v) is 7.16. The van der Waals surface area contributed by atoms with E-state index in [1.807, 2.05) is 0 Å². The summed E-state index contributed by atoms with van der Waals surface area (Å²) in [5, 5.41) is 3.39. The molecule has 84 valence electrons. The second-order valence-electron chi connectivity index (χ2n) is 5.04. The maximum atomic E-state index is 10.8. The lowest BCUT2D eigenvalue weighted by Gasteiger charge is -2.32. The zero-order valence-electron chi connectivity index (χ0n) is 8.02.